The molecule has 0 bridgehead atoms. The lowest BCUT2D eigenvalue weighted by Crippen LogP contribution is -2.26. The maximum Gasteiger partial charge on any atom is 0.345 e. The van der Waals surface area contributed by atoms with E-state index in [4.69, 9.17) is 21.4 Å². The Morgan fingerprint density at radius 2 is 2.06 bits per heavy atom. The van der Waals surface area contributed by atoms with Crippen molar-refractivity contribution in [1.82, 2.24) is 0 Å². The van der Waals surface area contributed by atoms with Gasteiger partial charge in [0, 0.05) is 11.4 Å². The molecule has 0 unspecified atom stereocenters. The minimum Gasteiger partial charge on any atom is -0.478 e. The molecule has 92 valence electrons. The van der Waals surface area contributed by atoms with Crippen molar-refractivity contribution in [2.45, 2.75) is 12.5 Å². The molecular weight excluding hydrogens is 375 g/mol. The molecule has 0 saturated carbocycles. The second-order valence-electron chi connectivity index (χ2n) is 3.17. The number of carboxylic acids is 1. The first-order chi connectivity index (χ1) is 7.95. The Morgan fingerprint density at radius 1 is 1.53 bits per heavy atom. The molecule has 0 fully saturated rings. The van der Waals surface area contributed by atoms with E-state index >= 15 is 0 Å². The van der Waals surface area contributed by atoms with Crippen molar-refractivity contribution in [3.8, 4) is 5.75 Å². The van der Waals surface area contributed by atoms with Crippen molar-refractivity contribution < 1.29 is 14.6 Å². The third-order valence-electron chi connectivity index (χ3n) is 1.88. The van der Waals surface area contributed by atoms with E-state index in [0.717, 1.165) is 0 Å². The van der Waals surface area contributed by atoms with Gasteiger partial charge in [-0.3, -0.25) is 0 Å². The van der Waals surface area contributed by atoms with Crippen molar-refractivity contribution >= 4 is 49.4 Å². The second-order valence-corrected chi connectivity index (χ2v) is 5.31. The fourth-order valence-corrected chi connectivity index (χ4v) is 2.99. The minimum atomic E-state index is -1.04. The molecule has 0 spiro atoms. The number of carbonyl (C=O) groups is 1. The van der Waals surface area contributed by atoms with Gasteiger partial charge in [0.05, 0.1) is 8.95 Å². The second kappa shape index (κ2) is 6.42. The smallest absolute Gasteiger partial charge is 0.345 e. The van der Waals surface area contributed by atoms with E-state index in [2.05, 4.69) is 38.4 Å². The first-order valence-corrected chi connectivity index (χ1v) is 6.57. The molecule has 6 heteroatoms. The van der Waals surface area contributed by atoms with Gasteiger partial charge in [-0.15, -0.1) is 6.58 Å². The summed E-state index contributed by atoms with van der Waals surface area (Å²) in [5.74, 6) is -0.637. The Morgan fingerprint density at radius 3 is 2.47 bits per heavy atom. The zero-order valence-electron chi connectivity index (χ0n) is 8.62. The summed E-state index contributed by atoms with van der Waals surface area (Å²) in [6.45, 7) is 3.50. The number of ether oxygens (including phenoxy) is 1. The number of carboxylic acid groups (broad SMARTS) is 1. The van der Waals surface area contributed by atoms with Crippen LogP contribution in [0.4, 0.5) is 0 Å². The van der Waals surface area contributed by atoms with Gasteiger partial charge in [-0.1, -0.05) is 17.7 Å². The molecule has 0 aliphatic heterocycles. The van der Waals surface area contributed by atoms with Gasteiger partial charge in [0.1, 0.15) is 5.75 Å². The first-order valence-electron chi connectivity index (χ1n) is 4.60. The van der Waals surface area contributed by atoms with Crippen LogP contribution in [0.1, 0.15) is 6.42 Å². The molecule has 0 heterocycles. The van der Waals surface area contributed by atoms with Crippen molar-refractivity contribution in [3.05, 3.63) is 38.8 Å². The van der Waals surface area contributed by atoms with Gasteiger partial charge in [0.25, 0.3) is 0 Å². The molecule has 1 N–H and O–H groups in total. The average molecular weight is 384 g/mol. The summed E-state index contributed by atoms with van der Waals surface area (Å²) in [4.78, 5) is 11.0. The Labute approximate surface area is 121 Å². The molecule has 0 saturated heterocycles. The van der Waals surface area contributed by atoms with Crippen molar-refractivity contribution in [1.29, 1.82) is 0 Å². The van der Waals surface area contributed by atoms with E-state index < -0.39 is 12.1 Å². The molecule has 0 radical (unpaired) electrons. The number of aliphatic carboxylic acids is 1. The standard InChI is InChI=1S/C11H9Br2ClO3/c1-2-3-9(11(15)16)17-10-7(12)4-6(14)5-8(10)13/h2,4-5,9H,1,3H2,(H,15,16)/t9-/m1/s1. The molecule has 0 aromatic heterocycles. The van der Waals surface area contributed by atoms with Crippen LogP contribution in [-0.2, 0) is 4.79 Å². The highest BCUT2D eigenvalue weighted by atomic mass is 79.9. The van der Waals surface area contributed by atoms with Crippen LogP contribution < -0.4 is 4.74 Å². The molecule has 3 nitrogen and oxygen atoms in total. The summed E-state index contributed by atoms with van der Waals surface area (Å²) in [7, 11) is 0. The fourth-order valence-electron chi connectivity index (χ4n) is 1.13. The van der Waals surface area contributed by atoms with Gasteiger partial charge < -0.3 is 9.84 Å². The zero-order valence-corrected chi connectivity index (χ0v) is 12.5. The summed E-state index contributed by atoms with van der Waals surface area (Å²) >= 11 is 12.4. The average Bonchev–Trinajstić information content (AvgIpc) is 2.21. The van der Waals surface area contributed by atoms with Crippen LogP contribution in [-0.4, -0.2) is 17.2 Å². The summed E-state index contributed by atoms with van der Waals surface area (Å²) in [5, 5.41) is 9.49. The van der Waals surface area contributed by atoms with Crippen LogP contribution in [0.5, 0.6) is 5.75 Å². The molecule has 1 rings (SSSR count). The van der Waals surface area contributed by atoms with Gasteiger partial charge >= 0.3 is 5.97 Å². The number of rotatable bonds is 5. The summed E-state index contributed by atoms with van der Waals surface area (Å²) < 4.78 is 6.59. The van der Waals surface area contributed by atoms with Crippen LogP contribution in [0.15, 0.2) is 33.7 Å². The number of halogens is 3. The van der Waals surface area contributed by atoms with Gasteiger partial charge in [-0.25, -0.2) is 4.79 Å². The maximum absolute atomic E-state index is 11.0. The van der Waals surface area contributed by atoms with Crippen LogP contribution in [0.25, 0.3) is 0 Å². The number of hydrogen-bond acceptors (Lipinski definition) is 2. The molecule has 1 aromatic rings. The summed E-state index contributed by atoms with van der Waals surface area (Å²) in [5.41, 5.74) is 0. The van der Waals surface area contributed by atoms with Crippen LogP contribution in [0.3, 0.4) is 0 Å². The fraction of sp³-hybridized carbons (Fsp3) is 0.182. The summed E-state index contributed by atoms with van der Waals surface area (Å²) in [6.07, 6.45) is 0.745. The van der Waals surface area contributed by atoms with Crippen LogP contribution >= 0.6 is 43.5 Å². The lowest BCUT2D eigenvalue weighted by atomic mass is 10.2. The van der Waals surface area contributed by atoms with E-state index in [1.54, 1.807) is 12.1 Å². The largest absolute Gasteiger partial charge is 0.478 e. The van der Waals surface area contributed by atoms with Gasteiger partial charge in [-0.05, 0) is 44.0 Å². The van der Waals surface area contributed by atoms with Crippen molar-refractivity contribution in [3.63, 3.8) is 0 Å². The predicted molar refractivity (Wildman–Crippen MR) is 73.7 cm³/mol. The third-order valence-corrected chi connectivity index (χ3v) is 3.28. The molecule has 0 aliphatic carbocycles. The van der Waals surface area contributed by atoms with Crippen molar-refractivity contribution in [2.24, 2.45) is 0 Å². The molecule has 0 aliphatic rings. The molecule has 17 heavy (non-hydrogen) atoms. The van der Waals surface area contributed by atoms with Gasteiger partial charge in [-0.2, -0.15) is 0 Å². The lowest BCUT2D eigenvalue weighted by Gasteiger charge is -2.16. The number of hydrogen-bond donors (Lipinski definition) is 1. The van der Waals surface area contributed by atoms with E-state index in [-0.39, 0.29) is 6.42 Å². The Balaban J connectivity index is 3.00. The number of benzene rings is 1. The van der Waals surface area contributed by atoms with Gasteiger partial charge in [0.2, 0.25) is 0 Å². The maximum atomic E-state index is 11.0. The summed E-state index contributed by atoms with van der Waals surface area (Å²) in [6, 6.07) is 3.27. The zero-order chi connectivity index (χ0) is 13.0. The van der Waals surface area contributed by atoms with Crippen LogP contribution in [0, 0.1) is 0 Å². The van der Waals surface area contributed by atoms with Crippen LogP contribution in [0.2, 0.25) is 5.02 Å². The van der Waals surface area contributed by atoms with E-state index in [0.29, 0.717) is 19.7 Å². The van der Waals surface area contributed by atoms with Gasteiger partial charge in [0.15, 0.2) is 6.10 Å². The Bertz CT molecular complexity index is 425. The molecule has 0 amide bonds. The highest BCUT2D eigenvalue weighted by Gasteiger charge is 2.20. The molecular formula is C11H9Br2ClO3. The SMILES string of the molecule is C=CC[C@@H](Oc1c(Br)cc(Cl)cc1Br)C(=O)O. The normalized spacial score (nSPS) is 11.9. The highest BCUT2D eigenvalue weighted by Crippen LogP contribution is 2.37. The predicted octanol–water partition coefficient (Wildman–Crippen LogP) is 4.27. The third kappa shape index (κ3) is 4.01. The van der Waals surface area contributed by atoms with E-state index in [1.165, 1.54) is 6.08 Å². The van der Waals surface area contributed by atoms with E-state index in [9.17, 15) is 4.79 Å². The lowest BCUT2D eigenvalue weighted by molar-refractivity contribution is -0.144. The molecule has 1 atom stereocenters. The topological polar surface area (TPSA) is 46.5 Å². The molecule has 1 aromatic carbocycles. The Hall–Kier alpha value is -0.520. The monoisotopic (exact) mass is 382 g/mol. The quantitative estimate of drug-likeness (QED) is 0.771. The Kier molecular flexibility index (Phi) is 5.49. The van der Waals surface area contributed by atoms with Crippen molar-refractivity contribution in [2.75, 3.05) is 0 Å². The first kappa shape index (κ1) is 14.5. The van der Waals surface area contributed by atoms with E-state index in [1.807, 2.05) is 0 Å². The highest BCUT2D eigenvalue weighted by molar-refractivity contribution is 9.11. The minimum absolute atomic E-state index is 0.219.